The predicted octanol–water partition coefficient (Wildman–Crippen LogP) is 2.02. The van der Waals surface area contributed by atoms with Crippen LogP contribution in [0.2, 0.25) is 0 Å². The maximum Gasteiger partial charge on any atom is 0.417 e. The second-order valence-corrected chi connectivity index (χ2v) is 6.95. The summed E-state index contributed by atoms with van der Waals surface area (Å²) in [5.41, 5.74) is 1.28. The Morgan fingerprint density at radius 1 is 1.24 bits per heavy atom. The van der Waals surface area contributed by atoms with Gasteiger partial charge < -0.3 is 9.15 Å². The number of benzene rings is 2. The first-order valence-corrected chi connectivity index (χ1v) is 8.64. The van der Waals surface area contributed by atoms with Gasteiger partial charge in [0.05, 0.1) is 28.8 Å². The van der Waals surface area contributed by atoms with Crippen LogP contribution in [0.1, 0.15) is 15.9 Å². The summed E-state index contributed by atoms with van der Waals surface area (Å²) in [4.78, 5) is 25.4. The minimum absolute atomic E-state index is 0.0975. The number of rotatable bonds is 4. The van der Waals surface area contributed by atoms with Crippen molar-refractivity contribution in [2.24, 2.45) is 0 Å². The number of aryl methyl sites for hydroxylation is 1. The highest BCUT2D eigenvalue weighted by atomic mass is 32.2. The van der Waals surface area contributed by atoms with Gasteiger partial charge in [-0.3, -0.25) is 9.71 Å². The van der Waals surface area contributed by atoms with Gasteiger partial charge in [-0.15, -0.1) is 0 Å². The Balaban J connectivity index is 2.06. The quantitative estimate of drug-likeness (QED) is 0.686. The van der Waals surface area contributed by atoms with Gasteiger partial charge in [-0.1, -0.05) is 12.1 Å². The first-order valence-electron chi connectivity index (χ1n) is 7.15. The Bertz CT molecular complexity index is 1130. The van der Waals surface area contributed by atoms with Crippen molar-refractivity contribution in [3.63, 3.8) is 0 Å². The Morgan fingerprint density at radius 3 is 2.72 bits per heavy atom. The van der Waals surface area contributed by atoms with Crippen LogP contribution < -0.4 is 10.5 Å². The van der Waals surface area contributed by atoms with Crippen LogP contribution in [-0.2, 0) is 14.8 Å². The lowest BCUT2D eigenvalue weighted by atomic mass is 10.1. The smallest absolute Gasteiger partial charge is 0.417 e. The fourth-order valence-corrected chi connectivity index (χ4v) is 3.54. The molecule has 3 rings (SSSR count). The summed E-state index contributed by atoms with van der Waals surface area (Å²) in [5.74, 6) is -1.34. The number of carbonyl (C=O) groups excluding carboxylic acids is 1. The lowest BCUT2D eigenvalue weighted by molar-refractivity contribution is 0.0602. The lowest BCUT2D eigenvalue weighted by Crippen LogP contribution is -2.17. The molecule has 2 aromatic carbocycles. The van der Waals surface area contributed by atoms with Gasteiger partial charge in [0.1, 0.15) is 0 Å². The third-order valence-corrected chi connectivity index (χ3v) is 4.96. The topological polar surface area (TPSA) is 118 Å². The molecule has 0 aliphatic heterocycles. The molecule has 0 fully saturated rings. The van der Waals surface area contributed by atoms with Gasteiger partial charge in [0.2, 0.25) is 0 Å². The first-order chi connectivity index (χ1) is 11.8. The Morgan fingerprint density at radius 2 is 2.00 bits per heavy atom. The molecule has 1 heterocycles. The van der Waals surface area contributed by atoms with E-state index in [1.165, 1.54) is 31.4 Å². The molecule has 0 aliphatic rings. The van der Waals surface area contributed by atoms with Gasteiger partial charge in [-0.25, -0.2) is 18.0 Å². The zero-order valence-electron chi connectivity index (χ0n) is 13.3. The molecule has 0 atom stereocenters. The fraction of sp³-hybridized carbons (Fsp3) is 0.125. The molecule has 130 valence electrons. The molecule has 0 radical (unpaired) electrons. The summed E-state index contributed by atoms with van der Waals surface area (Å²) >= 11 is 0. The van der Waals surface area contributed by atoms with Crippen LogP contribution >= 0.6 is 0 Å². The maximum absolute atomic E-state index is 12.7. The van der Waals surface area contributed by atoms with Crippen molar-refractivity contribution in [1.82, 2.24) is 4.98 Å². The average Bonchev–Trinajstić information content (AvgIpc) is 2.95. The van der Waals surface area contributed by atoms with Crippen LogP contribution in [0, 0.1) is 6.92 Å². The largest absolute Gasteiger partial charge is 0.465 e. The van der Waals surface area contributed by atoms with Crippen molar-refractivity contribution < 1.29 is 22.4 Å². The summed E-state index contributed by atoms with van der Waals surface area (Å²) in [7, 11) is -2.80. The number of hydrogen-bond acceptors (Lipinski definition) is 6. The van der Waals surface area contributed by atoms with Gasteiger partial charge >= 0.3 is 11.7 Å². The number of sulfonamides is 1. The van der Waals surface area contributed by atoms with Crippen molar-refractivity contribution >= 4 is 32.8 Å². The molecule has 0 bridgehead atoms. The second-order valence-electron chi connectivity index (χ2n) is 5.27. The zero-order valence-corrected chi connectivity index (χ0v) is 14.1. The number of H-pyrrole nitrogens is 1. The van der Waals surface area contributed by atoms with E-state index in [4.69, 9.17) is 4.42 Å². The number of ether oxygens (including phenoxy) is 1. The summed E-state index contributed by atoms with van der Waals surface area (Å²) in [6.45, 7) is 1.67. The van der Waals surface area contributed by atoms with Gasteiger partial charge in [0.25, 0.3) is 10.0 Å². The number of esters is 1. The van der Waals surface area contributed by atoms with Crippen molar-refractivity contribution in [2.75, 3.05) is 11.8 Å². The zero-order chi connectivity index (χ0) is 18.2. The normalized spacial score (nSPS) is 11.4. The molecule has 0 unspecified atom stereocenters. The average molecular weight is 362 g/mol. The van der Waals surface area contributed by atoms with E-state index >= 15 is 0 Å². The second kappa shape index (κ2) is 6.10. The summed E-state index contributed by atoms with van der Waals surface area (Å²) in [5, 5.41) is 0. The van der Waals surface area contributed by atoms with E-state index in [0.29, 0.717) is 11.1 Å². The number of anilines is 1. The number of nitrogens with one attached hydrogen (secondary N) is 2. The van der Waals surface area contributed by atoms with E-state index in [1.54, 1.807) is 19.1 Å². The standard InChI is InChI=1S/C16H14N2O6S/c1-9-4-3-5-11(15(19)23-2)14(9)18-25(21,22)10-6-7-12-13(8-10)24-16(20)17-12/h3-8,18H,1-2H3,(H,17,20). The highest BCUT2D eigenvalue weighted by molar-refractivity contribution is 7.92. The summed E-state index contributed by atoms with van der Waals surface area (Å²) < 4.78 is 37.3. The van der Waals surface area contributed by atoms with Crippen LogP contribution in [0.5, 0.6) is 0 Å². The Hall–Kier alpha value is -3.07. The van der Waals surface area contributed by atoms with Gasteiger partial charge in [-0.05, 0) is 30.7 Å². The lowest BCUT2D eigenvalue weighted by Gasteiger charge is -2.14. The molecule has 1 aromatic heterocycles. The fourth-order valence-electron chi connectivity index (χ4n) is 2.37. The number of hydrogen-bond donors (Lipinski definition) is 2. The third-order valence-electron chi connectivity index (χ3n) is 3.62. The molecule has 9 heteroatoms. The number of oxazole rings is 1. The minimum Gasteiger partial charge on any atom is -0.465 e. The first kappa shape index (κ1) is 16.8. The van der Waals surface area contributed by atoms with Gasteiger partial charge in [-0.2, -0.15) is 0 Å². The van der Waals surface area contributed by atoms with E-state index in [-0.39, 0.29) is 21.7 Å². The number of carbonyl (C=O) groups is 1. The van der Waals surface area contributed by atoms with Crippen molar-refractivity contribution in [1.29, 1.82) is 0 Å². The highest BCUT2D eigenvalue weighted by Gasteiger charge is 2.21. The number of methoxy groups -OCH3 is 1. The number of aromatic nitrogens is 1. The van der Waals surface area contributed by atoms with E-state index in [9.17, 15) is 18.0 Å². The summed E-state index contributed by atoms with van der Waals surface area (Å²) in [6, 6.07) is 8.73. The molecule has 3 aromatic rings. The third kappa shape index (κ3) is 3.13. The number of fused-ring (bicyclic) bond motifs is 1. The minimum atomic E-state index is -4.02. The molecular formula is C16H14N2O6S. The van der Waals surface area contributed by atoms with Crippen molar-refractivity contribution in [3.8, 4) is 0 Å². The highest BCUT2D eigenvalue weighted by Crippen LogP contribution is 2.26. The number of aromatic amines is 1. The molecule has 0 amide bonds. The van der Waals surface area contributed by atoms with E-state index in [2.05, 4.69) is 14.4 Å². The van der Waals surface area contributed by atoms with Crippen LogP contribution in [0.15, 0.2) is 50.5 Å². The Labute approximate surface area is 142 Å². The van der Waals surface area contributed by atoms with E-state index < -0.39 is 21.7 Å². The van der Waals surface area contributed by atoms with Crippen LogP contribution in [0.4, 0.5) is 5.69 Å². The van der Waals surface area contributed by atoms with Crippen molar-refractivity contribution in [3.05, 3.63) is 58.1 Å². The molecule has 0 saturated heterocycles. The van der Waals surface area contributed by atoms with Crippen molar-refractivity contribution in [2.45, 2.75) is 11.8 Å². The monoisotopic (exact) mass is 362 g/mol. The molecular weight excluding hydrogens is 348 g/mol. The van der Waals surface area contributed by atoms with Gasteiger partial charge in [0, 0.05) is 6.07 Å². The molecule has 25 heavy (non-hydrogen) atoms. The Kier molecular flexibility index (Phi) is 4.09. The molecule has 0 spiro atoms. The molecule has 0 aliphatic carbocycles. The SMILES string of the molecule is COC(=O)c1cccc(C)c1NS(=O)(=O)c1ccc2[nH]c(=O)oc2c1. The van der Waals surface area contributed by atoms with Crippen LogP contribution in [-0.4, -0.2) is 26.5 Å². The molecule has 8 nitrogen and oxygen atoms in total. The van der Waals surface area contributed by atoms with E-state index in [1.807, 2.05) is 0 Å². The predicted molar refractivity (Wildman–Crippen MR) is 90.2 cm³/mol. The molecule has 2 N–H and O–H groups in total. The van der Waals surface area contributed by atoms with Crippen LogP contribution in [0.3, 0.4) is 0 Å². The number of para-hydroxylation sites is 1. The van der Waals surface area contributed by atoms with E-state index in [0.717, 1.165) is 0 Å². The molecule has 0 saturated carbocycles. The maximum atomic E-state index is 12.7. The van der Waals surface area contributed by atoms with Gasteiger partial charge in [0.15, 0.2) is 5.58 Å². The summed E-state index contributed by atoms with van der Waals surface area (Å²) in [6.07, 6.45) is 0. The van der Waals surface area contributed by atoms with Crippen LogP contribution in [0.25, 0.3) is 11.1 Å².